The van der Waals surface area contributed by atoms with Crippen molar-refractivity contribution in [3.63, 3.8) is 0 Å². The number of benzene rings is 1. The van der Waals surface area contributed by atoms with Gasteiger partial charge in [-0.2, -0.15) is 0 Å². The van der Waals surface area contributed by atoms with Crippen LogP contribution in [0.25, 0.3) is 0 Å². The van der Waals surface area contributed by atoms with Crippen molar-refractivity contribution in [1.29, 1.82) is 0 Å². The highest BCUT2D eigenvalue weighted by Gasteiger charge is 2.38. The first-order chi connectivity index (χ1) is 9.07. The Morgan fingerprint density at radius 1 is 1.32 bits per heavy atom. The van der Waals surface area contributed by atoms with Gasteiger partial charge in [-0.25, -0.2) is 0 Å². The number of aryl methyl sites for hydroxylation is 1. The van der Waals surface area contributed by atoms with Gasteiger partial charge in [-0.05, 0) is 38.8 Å². The van der Waals surface area contributed by atoms with E-state index in [0.29, 0.717) is 32.6 Å². The summed E-state index contributed by atoms with van der Waals surface area (Å²) < 4.78 is 5.30. The summed E-state index contributed by atoms with van der Waals surface area (Å²) in [7, 11) is 0. The van der Waals surface area contributed by atoms with Gasteiger partial charge in [0.2, 0.25) is 5.91 Å². The minimum Gasteiger partial charge on any atom is -0.381 e. The number of hydrogen-bond donors (Lipinski definition) is 1. The van der Waals surface area contributed by atoms with E-state index in [2.05, 4.69) is 0 Å². The molecule has 4 nitrogen and oxygen atoms in total. The molecule has 1 aliphatic heterocycles. The fourth-order valence-electron chi connectivity index (χ4n) is 2.39. The summed E-state index contributed by atoms with van der Waals surface area (Å²) in [6, 6.07) is 7.97. The smallest absolute Gasteiger partial charge is 0.247 e. The van der Waals surface area contributed by atoms with Crippen LogP contribution in [0.15, 0.2) is 24.3 Å². The molecular weight excluding hydrogens is 240 g/mol. The third-order valence-corrected chi connectivity index (χ3v) is 3.72. The summed E-state index contributed by atoms with van der Waals surface area (Å²) in [5, 5.41) is 0. The van der Waals surface area contributed by atoms with Crippen LogP contribution in [0.1, 0.15) is 25.3 Å². The Balaban J connectivity index is 2.21. The molecule has 0 aromatic heterocycles. The average Bonchev–Trinajstić information content (AvgIpc) is 2.42. The second kappa shape index (κ2) is 5.72. The number of likely N-dealkylation sites (N-methyl/N-ethyl adjacent to an activating group) is 1. The highest BCUT2D eigenvalue weighted by Crippen LogP contribution is 2.24. The van der Waals surface area contributed by atoms with Crippen molar-refractivity contribution in [3.8, 4) is 0 Å². The molecule has 0 saturated carbocycles. The van der Waals surface area contributed by atoms with E-state index in [4.69, 9.17) is 10.5 Å². The van der Waals surface area contributed by atoms with Gasteiger partial charge in [0.25, 0.3) is 0 Å². The lowest BCUT2D eigenvalue weighted by Crippen LogP contribution is -2.58. The first-order valence-corrected chi connectivity index (χ1v) is 6.82. The van der Waals surface area contributed by atoms with Crippen LogP contribution in [-0.2, 0) is 9.53 Å². The summed E-state index contributed by atoms with van der Waals surface area (Å²) >= 11 is 0. The fourth-order valence-corrected chi connectivity index (χ4v) is 2.39. The third kappa shape index (κ3) is 2.96. The quantitative estimate of drug-likeness (QED) is 0.904. The van der Waals surface area contributed by atoms with Crippen LogP contribution in [0.4, 0.5) is 5.69 Å². The van der Waals surface area contributed by atoms with Crippen LogP contribution in [0.5, 0.6) is 0 Å². The zero-order chi connectivity index (χ0) is 13.9. The highest BCUT2D eigenvalue weighted by molar-refractivity contribution is 6.00. The summed E-state index contributed by atoms with van der Waals surface area (Å²) in [4.78, 5) is 14.5. The molecule has 1 aromatic rings. The molecule has 1 saturated heterocycles. The predicted molar refractivity (Wildman–Crippen MR) is 76.2 cm³/mol. The number of anilines is 1. The van der Waals surface area contributed by atoms with Crippen LogP contribution >= 0.6 is 0 Å². The van der Waals surface area contributed by atoms with Crippen molar-refractivity contribution < 1.29 is 9.53 Å². The van der Waals surface area contributed by atoms with Crippen LogP contribution in [-0.4, -0.2) is 31.2 Å². The summed E-state index contributed by atoms with van der Waals surface area (Å²) in [5.41, 5.74) is 7.59. The Morgan fingerprint density at radius 3 is 2.42 bits per heavy atom. The number of nitrogens with two attached hydrogens (primary N) is 1. The van der Waals surface area contributed by atoms with Crippen molar-refractivity contribution in [2.24, 2.45) is 5.73 Å². The van der Waals surface area contributed by atoms with E-state index in [1.165, 1.54) is 5.56 Å². The molecule has 0 unspecified atom stereocenters. The molecule has 1 amide bonds. The Morgan fingerprint density at radius 2 is 1.89 bits per heavy atom. The SMILES string of the molecule is CCN(C(=O)C1(N)CCOCC1)c1ccc(C)cc1. The van der Waals surface area contributed by atoms with Gasteiger partial charge in [-0.1, -0.05) is 17.7 Å². The van der Waals surface area contributed by atoms with Gasteiger partial charge in [-0.3, -0.25) is 4.79 Å². The molecule has 1 aromatic carbocycles. The van der Waals surface area contributed by atoms with E-state index >= 15 is 0 Å². The first kappa shape index (κ1) is 14.0. The van der Waals surface area contributed by atoms with Crippen molar-refractivity contribution in [3.05, 3.63) is 29.8 Å². The van der Waals surface area contributed by atoms with Gasteiger partial charge in [0, 0.05) is 25.4 Å². The van der Waals surface area contributed by atoms with Gasteiger partial charge in [0.1, 0.15) is 5.54 Å². The molecular formula is C15H22N2O2. The molecule has 1 aliphatic rings. The van der Waals surface area contributed by atoms with Crippen molar-refractivity contribution in [1.82, 2.24) is 0 Å². The molecule has 0 bridgehead atoms. The zero-order valence-corrected chi connectivity index (χ0v) is 11.7. The maximum atomic E-state index is 12.7. The van der Waals surface area contributed by atoms with E-state index in [0.717, 1.165) is 5.69 Å². The van der Waals surface area contributed by atoms with E-state index in [1.807, 2.05) is 38.1 Å². The van der Waals surface area contributed by atoms with E-state index in [1.54, 1.807) is 4.90 Å². The average molecular weight is 262 g/mol. The lowest BCUT2D eigenvalue weighted by atomic mass is 9.89. The van der Waals surface area contributed by atoms with Crippen molar-refractivity contribution in [2.75, 3.05) is 24.7 Å². The van der Waals surface area contributed by atoms with E-state index in [-0.39, 0.29) is 5.91 Å². The maximum Gasteiger partial charge on any atom is 0.247 e. The Hall–Kier alpha value is -1.39. The Bertz CT molecular complexity index is 436. The fraction of sp³-hybridized carbons (Fsp3) is 0.533. The molecule has 104 valence electrons. The summed E-state index contributed by atoms with van der Waals surface area (Å²) in [5.74, 6) is 0.00199. The molecule has 0 radical (unpaired) electrons. The van der Waals surface area contributed by atoms with Gasteiger partial charge in [0.05, 0.1) is 0 Å². The lowest BCUT2D eigenvalue weighted by molar-refractivity contribution is -0.127. The number of amides is 1. The molecule has 2 rings (SSSR count). The second-order valence-electron chi connectivity index (χ2n) is 5.15. The third-order valence-electron chi connectivity index (χ3n) is 3.72. The summed E-state index contributed by atoms with van der Waals surface area (Å²) in [6.45, 7) is 5.76. The normalized spacial score (nSPS) is 18.1. The molecule has 19 heavy (non-hydrogen) atoms. The number of carbonyl (C=O) groups is 1. The van der Waals surface area contributed by atoms with Crippen LogP contribution in [0.2, 0.25) is 0 Å². The summed E-state index contributed by atoms with van der Waals surface area (Å²) in [6.07, 6.45) is 1.18. The predicted octanol–water partition coefficient (Wildman–Crippen LogP) is 1.86. The number of carbonyl (C=O) groups excluding carboxylic acids is 1. The van der Waals surface area contributed by atoms with Gasteiger partial charge in [-0.15, -0.1) is 0 Å². The standard InChI is InChI=1S/C15H22N2O2/c1-3-17(13-6-4-12(2)5-7-13)14(18)15(16)8-10-19-11-9-15/h4-7H,3,8-11,16H2,1-2H3. The maximum absolute atomic E-state index is 12.7. The van der Waals surface area contributed by atoms with Crippen LogP contribution in [0, 0.1) is 6.92 Å². The van der Waals surface area contributed by atoms with E-state index in [9.17, 15) is 4.79 Å². The first-order valence-electron chi connectivity index (χ1n) is 6.82. The largest absolute Gasteiger partial charge is 0.381 e. The number of hydrogen-bond acceptors (Lipinski definition) is 3. The van der Waals surface area contributed by atoms with Gasteiger partial charge in [0.15, 0.2) is 0 Å². The molecule has 1 heterocycles. The topological polar surface area (TPSA) is 55.6 Å². The second-order valence-corrected chi connectivity index (χ2v) is 5.15. The lowest BCUT2D eigenvalue weighted by Gasteiger charge is -2.36. The number of nitrogens with zero attached hydrogens (tertiary/aromatic N) is 1. The minimum absolute atomic E-state index is 0.00199. The van der Waals surface area contributed by atoms with E-state index < -0.39 is 5.54 Å². The Labute approximate surface area is 114 Å². The molecule has 0 atom stereocenters. The molecule has 1 fully saturated rings. The van der Waals surface area contributed by atoms with Gasteiger partial charge < -0.3 is 15.4 Å². The van der Waals surface area contributed by atoms with Crippen LogP contribution < -0.4 is 10.6 Å². The molecule has 0 aliphatic carbocycles. The molecule has 0 spiro atoms. The van der Waals surface area contributed by atoms with Crippen molar-refractivity contribution >= 4 is 11.6 Å². The highest BCUT2D eigenvalue weighted by atomic mass is 16.5. The van der Waals surface area contributed by atoms with Gasteiger partial charge >= 0.3 is 0 Å². The number of rotatable bonds is 3. The van der Waals surface area contributed by atoms with Crippen LogP contribution in [0.3, 0.4) is 0 Å². The Kier molecular flexibility index (Phi) is 4.22. The monoisotopic (exact) mass is 262 g/mol. The minimum atomic E-state index is -0.779. The number of ether oxygens (including phenoxy) is 1. The molecule has 2 N–H and O–H groups in total. The van der Waals surface area contributed by atoms with Crippen molar-refractivity contribution in [2.45, 2.75) is 32.2 Å². The zero-order valence-electron chi connectivity index (χ0n) is 11.7. The molecule has 4 heteroatoms.